The lowest BCUT2D eigenvalue weighted by molar-refractivity contribution is -0.179. The molecule has 0 bridgehead atoms. The average Bonchev–Trinajstić information content (AvgIpc) is 2.17. The van der Waals surface area contributed by atoms with Gasteiger partial charge in [-0.15, -0.1) is 0 Å². The lowest BCUT2D eigenvalue weighted by Gasteiger charge is -2.24. The fourth-order valence-corrected chi connectivity index (χ4v) is 1.16. The van der Waals surface area contributed by atoms with Crippen molar-refractivity contribution >= 4 is 5.97 Å². The minimum Gasteiger partial charge on any atom is -0.462 e. The lowest BCUT2D eigenvalue weighted by Crippen LogP contribution is -2.47. The highest BCUT2D eigenvalue weighted by Gasteiger charge is 2.44. The second-order valence-electron chi connectivity index (χ2n) is 3.74. The maximum atomic E-state index is 12.3. The summed E-state index contributed by atoms with van der Waals surface area (Å²) in [5.74, 6) is -2.20. The van der Waals surface area contributed by atoms with Gasteiger partial charge in [0.05, 0.1) is 12.0 Å². The van der Waals surface area contributed by atoms with Crippen LogP contribution in [0.15, 0.2) is 0 Å². The van der Waals surface area contributed by atoms with Crippen LogP contribution >= 0.6 is 0 Å². The maximum absolute atomic E-state index is 12.3. The number of carbonyl (C=O) groups excluding carboxylic acids is 1. The Bertz CT molecular complexity index is 231. The van der Waals surface area contributed by atoms with Crippen molar-refractivity contribution in [3.05, 3.63) is 0 Å². The van der Waals surface area contributed by atoms with E-state index in [-0.39, 0.29) is 12.5 Å². The Kier molecular flexibility index (Phi) is 5.78. The van der Waals surface area contributed by atoms with Crippen LogP contribution in [0.25, 0.3) is 0 Å². The quantitative estimate of drug-likeness (QED) is 0.751. The van der Waals surface area contributed by atoms with Crippen LogP contribution in [-0.2, 0) is 9.53 Å². The van der Waals surface area contributed by atoms with Crippen LogP contribution in [0, 0.1) is 5.92 Å². The molecule has 3 nitrogen and oxygen atoms in total. The van der Waals surface area contributed by atoms with Gasteiger partial charge in [0.1, 0.15) is 6.04 Å². The molecule has 0 aliphatic heterocycles. The lowest BCUT2D eigenvalue weighted by atomic mass is 9.97. The third-order valence-electron chi connectivity index (χ3n) is 2.45. The van der Waals surface area contributed by atoms with E-state index in [4.69, 9.17) is 10.5 Å². The number of hydrogen-bond acceptors (Lipinski definition) is 3. The zero-order valence-electron chi connectivity index (χ0n) is 9.67. The van der Waals surface area contributed by atoms with Gasteiger partial charge < -0.3 is 10.5 Å². The number of carbonyl (C=O) groups is 1. The summed E-state index contributed by atoms with van der Waals surface area (Å²) in [5.41, 5.74) is 5.00. The van der Waals surface area contributed by atoms with Crippen LogP contribution in [0.4, 0.5) is 13.2 Å². The second kappa shape index (κ2) is 6.08. The van der Waals surface area contributed by atoms with Crippen LogP contribution in [0.3, 0.4) is 0 Å². The number of alkyl halides is 3. The molecule has 2 N–H and O–H groups in total. The van der Waals surface area contributed by atoms with Gasteiger partial charge in [0.2, 0.25) is 0 Å². The molecule has 3 atom stereocenters. The fraction of sp³-hybridized carbons (Fsp3) is 0.900. The zero-order chi connectivity index (χ0) is 12.9. The largest absolute Gasteiger partial charge is 0.462 e. The first kappa shape index (κ1) is 15.2. The summed E-state index contributed by atoms with van der Waals surface area (Å²) in [6.07, 6.45) is -4.39. The third kappa shape index (κ3) is 4.38. The molecule has 0 spiro atoms. The number of rotatable bonds is 5. The average molecular weight is 241 g/mol. The van der Waals surface area contributed by atoms with Crippen molar-refractivity contribution in [2.75, 3.05) is 0 Å². The molecule has 0 aliphatic carbocycles. The summed E-state index contributed by atoms with van der Waals surface area (Å²) in [5, 5.41) is 0. The van der Waals surface area contributed by atoms with Crippen LogP contribution in [-0.4, -0.2) is 24.3 Å². The highest BCUT2D eigenvalue weighted by Crippen LogP contribution is 2.26. The molecule has 16 heavy (non-hydrogen) atoms. The van der Waals surface area contributed by atoms with E-state index in [9.17, 15) is 18.0 Å². The van der Waals surface area contributed by atoms with Gasteiger partial charge in [0, 0.05) is 0 Å². The van der Waals surface area contributed by atoms with Gasteiger partial charge in [0.15, 0.2) is 0 Å². The Labute approximate surface area is 93.1 Å². The molecule has 0 fully saturated rings. The van der Waals surface area contributed by atoms with E-state index in [2.05, 4.69) is 0 Å². The molecule has 0 saturated carbocycles. The molecule has 96 valence electrons. The predicted molar refractivity (Wildman–Crippen MR) is 53.7 cm³/mol. The molecule has 0 aromatic rings. The van der Waals surface area contributed by atoms with Crippen molar-refractivity contribution in [2.45, 2.75) is 51.9 Å². The highest BCUT2D eigenvalue weighted by atomic mass is 19.4. The number of nitrogens with two attached hydrogens (primary N) is 1. The minimum atomic E-state index is -4.57. The molecule has 6 heteroatoms. The molecule has 0 radical (unpaired) electrons. The van der Waals surface area contributed by atoms with Gasteiger partial charge in [0.25, 0.3) is 0 Å². The smallest absolute Gasteiger partial charge is 0.404 e. The number of hydrogen-bond donors (Lipinski definition) is 1. The Morgan fingerprint density at radius 1 is 1.31 bits per heavy atom. The highest BCUT2D eigenvalue weighted by molar-refractivity contribution is 5.73. The van der Waals surface area contributed by atoms with E-state index in [1.807, 2.05) is 0 Å². The fourth-order valence-electron chi connectivity index (χ4n) is 1.16. The van der Waals surface area contributed by atoms with Crippen molar-refractivity contribution in [1.82, 2.24) is 0 Å². The topological polar surface area (TPSA) is 52.3 Å². The Morgan fingerprint density at radius 3 is 2.12 bits per heavy atom. The summed E-state index contributed by atoms with van der Waals surface area (Å²) < 4.78 is 41.8. The molecule has 0 heterocycles. The number of esters is 1. The standard InChI is InChI=1S/C10H18F3NO2/c1-4-6(3)16-9(15)7(5-2)8(14)10(11,12)13/h6-8H,4-5,14H2,1-3H3/t6?,7-,8-/m1/s1. The van der Waals surface area contributed by atoms with Crippen molar-refractivity contribution in [3.63, 3.8) is 0 Å². The van der Waals surface area contributed by atoms with Crippen molar-refractivity contribution in [3.8, 4) is 0 Å². The zero-order valence-corrected chi connectivity index (χ0v) is 9.67. The van der Waals surface area contributed by atoms with Crippen LogP contribution in [0.2, 0.25) is 0 Å². The monoisotopic (exact) mass is 241 g/mol. The van der Waals surface area contributed by atoms with E-state index in [1.54, 1.807) is 13.8 Å². The normalized spacial score (nSPS) is 17.7. The molecule has 0 rings (SSSR count). The summed E-state index contributed by atoms with van der Waals surface area (Å²) >= 11 is 0. The van der Waals surface area contributed by atoms with Crippen molar-refractivity contribution in [1.29, 1.82) is 0 Å². The molecular formula is C10H18F3NO2. The first-order chi connectivity index (χ1) is 7.23. The molecule has 0 aliphatic rings. The minimum absolute atomic E-state index is 0.00987. The van der Waals surface area contributed by atoms with Gasteiger partial charge in [-0.3, -0.25) is 4.79 Å². The molecule has 1 unspecified atom stereocenters. The van der Waals surface area contributed by atoms with Crippen LogP contribution in [0.1, 0.15) is 33.6 Å². The third-order valence-corrected chi connectivity index (χ3v) is 2.45. The summed E-state index contributed by atoms with van der Waals surface area (Å²) in [4.78, 5) is 11.4. The summed E-state index contributed by atoms with van der Waals surface area (Å²) in [7, 11) is 0. The van der Waals surface area contributed by atoms with Crippen molar-refractivity contribution in [2.24, 2.45) is 11.7 Å². The summed E-state index contributed by atoms with van der Waals surface area (Å²) in [6, 6.07) is -2.16. The van der Waals surface area contributed by atoms with E-state index in [0.29, 0.717) is 6.42 Å². The predicted octanol–water partition coefficient (Wildman–Crippen LogP) is 2.24. The molecule has 0 amide bonds. The van der Waals surface area contributed by atoms with E-state index in [0.717, 1.165) is 0 Å². The number of halogens is 3. The van der Waals surface area contributed by atoms with Gasteiger partial charge in [-0.2, -0.15) is 13.2 Å². The van der Waals surface area contributed by atoms with Gasteiger partial charge in [-0.1, -0.05) is 13.8 Å². The van der Waals surface area contributed by atoms with E-state index < -0.39 is 24.1 Å². The SMILES string of the molecule is CCC(C)OC(=O)[C@H](CC)[C@@H](N)C(F)(F)F. The van der Waals surface area contributed by atoms with Gasteiger partial charge >= 0.3 is 12.1 Å². The number of ether oxygens (including phenoxy) is 1. The molecular weight excluding hydrogens is 223 g/mol. The molecule has 0 saturated heterocycles. The van der Waals surface area contributed by atoms with Crippen LogP contribution in [0.5, 0.6) is 0 Å². The van der Waals surface area contributed by atoms with Gasteiger partial charge in [-0.25, -0.2) is 0 Å². The van der Waals surface area contributed by atoms with E-state index >= 15 is 0 Å². The molecule has 0 aromatic carbocycles. The Morgan fingerprint density at radius 2 is 1.81 bits per heavy atom. The maximum Gasteiger partial charge on any atom is 0.404 e. The Hall–Kier alpha value is -0.780. The summed E-state index contributed by atoms with van der Waals surface area (Å²) in [6.45, 7) is 4.89. The first-order valence-electron chi connectivity index (χ1n) is 5.26. The second-order valence-corrected chi connectivity index (χ2v) is 3.74. The Balaban J connectivity index is 4.55. The van der Waals surface area contributed by atoms with E-state index in [1.165, 1.54) is 6.92 Å². The van der Waals surface area contributed by atoms with Crippen molar-refractivity contribution < 1.29 is 22.7 Å². The van der Waals surface area contributed by atoms with Gasteiger partial charge in [-0.05, 0) is 19.8 Å². The van der Waals surface area contributed by atoms with Crippen LogP contribution < -0.4 is 5.73 Å². The first-order valence-corrected chi connectivity index (χ1v) is 5.26. The molecule has 0 aromatic heterocycles.